The largest absolute Gasteiger partial charge is 0.493 e. The number of benzene rings is 2. The van der Waals surface area contributed by atoms with Gasteiger partial charge in [-0.25, -0.2) is 9.59 Å². The molecule has 0 fully saturated rings. The minimum atomic E-state index is -0.619. The second kappa shape index (κ2) is 8.04. The molecule has 7 heteroatoms. The van der Waals surface area contributed by atoms with Gasteiger partial charge in [-0.05, 0) is 30.7 Å². The smallest absolute Gasteiger partial charge is 0.342 e. The fraction of sp³-hybridized carbons (Fsp3) is 0.238. The van der Waals surface area contributed by atoms with Crippen LogP contribution in [0.3, 0.4) is 0 Å². The maximum absolute atomic E-state index is 12.6. The Morgan fingerprint density at radius 2 is 1.71 bits per heavy atom. The molecule has 0 spiro atoms. The molecule has 3 aromatic rings. The van der Waals surface area contributed by atoms with Gasteiger partial charge in [0.05, 0.1) is 21.3 Å². The summed E-state index contributed by atoms with van der Waals surface area (Å²) >= 11 is 0. The number of methoxy groups -OCH3 is 3. The summed E-state index contributed by atoms with van der Waals surface area (Å²) in [6, 6.07) is 9.92. The Kier molecular flexibility index (Phi) is 5.54. The van der Waals surface area contributed by atoms with Gasteiger partial charge in [-0.2, -0.15) is 0 Å². The van der Waals surface area contributed by atoms with E-state index in [1.165, 1.54) is 33.5 Å². The molecule has 1 heterocycles. The molecule has 0 radical (unpaired) electrons. The van der Waals surface area contributed by atoms with Crippen LogP contribution in [-0.2, 0) is 11.3 Å². The first kappa shape index (κ1) is 19.3. The first-order valence-electron chi connectivity index (χ1n) is 8.48. The Balaban J connectivity index is 1.91. The number of aryl methyl sites for hydroxylation is 1. The summed E-state index contributed by atoms with van der Waals surface area (Å²) < 4.78 is 26.5. The fourth-order valence-electron chi connectivity index (χ4n) is 2.94. The molecule has 146 valence electrons. The lowest BCUT2D eigenvalue weighted by molar-refractivity contribution is 0.0469. The van der Waals surface area contributed by atoms with E-state index in [1.54, 1.807) is 12.1 Å². The highest BCUT2D eigenvalue weighted by molar-refractivity contribution is 5.94. The van der Waals surface area contributed by atoms with Crippen molar-refractivity contribution < 1.29 is 28.2 Å². The predicted octanol–water partition coefficient (Wildman–Crippen LogP) is 3.48. The van der Waals surface area contributed by atoms with Crippen molar-refractivity contribution in [3.8, 4) is 17.2 Å². The first-order valence-corrected chi connectivity index (χ1v) is 8.48. The van der Waals surface area contributed by atoms with Crippen LogP contribution < -0.4 is 19.8 Å². The minimum absolute atomic E-state index is 0.0957. The van der Waals surface area contributed by atoms with E-state index in [-0.39, 0.29) is 17.9 Å². The second-order valence-electron chi connectivity index (χ2n) is 6.05. The van der Waals surface area contributed by atoms with Crippen molar-refractivity contribution in [2.75, 3.05) is 21.3 Å². The van der Waals surface area contributed by atoms with Gasteiger partial charge >= 0.3 is 11.6 Å². The summed E-state index contributed by atoms with van der Waals surface area (Å²) in [6.07, 6.45) is 0. The molecule has 0 amide bonds. The zero-order valence-electron chi connectivity index (χ0n) is 16.0. The average molecular weight is 384 g/mol. The van der Waals surface area contributed by atoms with Crippen LogP contribution in [0.25, 0.3) is 11.0 Å². The first-order chi connectivity index (χ1) is 13.5. The Hall–Kier alpha value is -3.48. The molecule has 2 aromatic carbocycles. The van der Waals surface area contributed by atoms with E-state index in [2.05, 4.69) is 0 Å². The lowest BCUT2D eigenvalue weighted by atomic mass is 10.1. The summed E-state index contributed by atoms with van der Waals surface area (Å²) in [5, 5.41) is 0.706. The number of ether oxygens (including phenoxy) is 4. The van der Waals surface area contributed by atoms with Crippen molar-refractivity contribution in [2.45, 2.75) is 13.5 Å². The number of esters is 1. The molecule has 3 rings (SSSR count). The van der Waals surface area contributed by atoms with Gasteiger partial charge in [0.15, 0.2) is 11.5 Å². The third-order valence-corrected chi connectivity index (χ3v) is 4.27. The minimum Gasteiger partial charge on any atom is -0.493 e. The van der Waals surface area contributed by atoms with E-state index in [1.807, 2.05) is 19.1 Å². The maximum atomic E-state index is 12.6. The maximum Gasteiger partial charge on any atom is 0.342 e. The van der Waals surface area contributed by atoms with Gasteiger partial charge in [-0.1, -0.05) is 12.1 Å². The quantitative estimate of drug-likeness (QED) is 0.475. The topological polar surface area (TPSA) is 84.2 Å². The number of carbonyl (C=O) groups excluding carboxylic acids is 1. The summed E-state index contributed by atoms with van der Waals surface area (Å²) in [7, 11) is 4.36. The van der Waals surface area contributed by atoms with Gasteiger partial charge in [-0.15, -0.1) is 0 Å². The molecule has 0 saturated heterocycles. The van der Waals surface area contributed by atoms with Gasteiger partial charge in [0, 0.05) is 17.0 Å². The third kappa shape index (κ3) is 3.64. The molecule has 7 nitrogen and oxygen atoms in total. The molecule has 0 aliphatic heterocycles. The molecule has 0 saturated carbocycles. The molecule has 0 bridgehead atoms. The van der Waals surface area contributed by atoms with Crippen molar-refractivity contribution >= 4 is 16.9 Å². The summed E-state index contributed by atoms with van der Waals surface area (Å²) in [5.74, 6) is 0.310. The fourth-order valence-corrected chi connectivity index (χ4v) is 2.94. The Morgan fingerprint density at radius 3 is 2.39 bits per heavy atom. The molecule has 1 aromatic heterocycles. The normalized spacial score (nSPS) is 10.6. The Bertz CT molecular complexity index is 1080. The molecular formula is C21H20O7. The zero-order chi connectivity index (χ0) is 20.3. The van der Waals surface area contributed by atoms with Crippen molar-refractivity contribution in [3.05, 3.63) is 63.5 Å². The van der Waals surface area contributed by atoms with Crippen LogP contribution in [0.1, 0.15) is 21.5 Å². The highest BCUT2D eigenvalue weighted by atomic mass is 16.5. The van der Waals surface area contributed by atoms with Gasteiger partial charge in [0.1, 0.15) is 17.8 Å². The molecule has 28 heavy (non-hydrogen) atoms. The van der Waals surface area contributed by atoms with Gasteiger partial charge in [0.2, 0.25) is 5.75 Å². The number of rotatable bonds is 6. The molecule has 0 atom stereocenters. The van der Waals surface area contributed by atoms with Gasteiger partial charge in [-0.3, -0.25) is 0 Å². The van der Waals surface area contributed by atoms with E-state index >= 15 is 0 Å². The van der Waals surface area contributed by atoms with Crippen LogP contribution in [0.5, 0.6) is 17.2 Å². The summed E-state index contributed by atoms with van der Waals surface area (Å²) in [6.45, 7) is 1.80. The summed E-state index contributed by atoms with van der Waals surface area (Å²) in [4.78, 5) is 24.5. The number of hydrogen-bond acceptors (Lipinski definition) is 7. The average Bonchev–Trinajstić information content (AvgIpc) is 2.69. The van der Waals surface area contributed by atoms with Crippen LogP contribution in [0, 0.1) is 6.92 Å². The molecular weight excluding hydrogens is 364 g/mol. The highest BCUT2D eigenvalue weighted by Crippen LogP contribution is 2.40. The molecule has 0 aliphatic rings. The SMILES string of the molecule is COc1ccc(C(=O)OCc2cc(=O)oc3cc(C)ccc23)c(OC)c1OC. The van der Waals surface area contributed by atoms with Crippen LogP contribution >= 0.6 is 0 Å². The lowest BCUT2D eigenvalue weighted by Crippen LogP contribution is -2.10. The highest BCUT2D eigenvalue weighted by Gasteiger charge is 2.22. The van der Waals surface area contributed by atoms with Crippen LogP contribution in [0.4, 0.5) is 0 Å². The third-order valence-electron chi connectivity index (χ3n) is 4.27. The second-order valence-corrected chi connectivity index (χ2v) is 6.05. The van der Waals surface area contributed by atoms with Crippen molar-refractivity contribution in [2.24, 2.45) is 0 Å². The predicted molar refractivity (Wildman–Crippen MR) is 102 cm³/mol. The Labute approximate surface area is 161 Å². The number of carbonyl (C=O) groups is 1. The number of fused-ring (bicyclic) bond motifs is 1. The molecule has 0 N–H and O–H groups in total. The van der Waals surface area contributed by atoms with E-state index in [4.69, 9.17) is 23.4 Å². The van der Waals surface area contributed by atoms with Crippen LogP contribution in [-0.4, -0.2) is 27.3 Å². The molecule has 0 unspecified atom stereocenters. The standard InChI is InChI=1S/C21H20O7/c1-12-5-6-14-13(10-18(22)28-17(14)9-12)11-27-21(23)15-7-8-16(24-2)20(26-4)19(15)25-3/h5-10H,11H2,1-4H3. The van der Waals surface area contributed by atoms with E-state index in [9.17, 15) is 9.59 Å². The zero-order valence-corrected chi connectivity index (χ0v) is 16.0. The van der Waals surface area contributed by atoms with E-state index in [0.29, 0.717) is 28.0 Å². The summed E-state index contributed by atoms with van der Waals surface area (Å²) in [5.41, 5.74) is 1.64. The van der Waals surface area contributed by atoms with Gasteiger partial charge in [0.25, 0.3) is 0 Å². The van der Waals surface area contributed by atoms with Crippen molar-refractivity contribution in [3.63, 3.8) is 0 Å². The van der Waals surface area contributed by atoms with Crippen molar-refractivity contribution in [1.29, 1.82) is 0 Å². The van der Waals surface area contributed by atoms with E-state index < -0.39 is 11.6 Å². The van der Waals surface area contributed by atoms with Crippen LogP contribution in [0.15, 0.2) is 45.6 Å². The van der Waals surface area contributed by atoms with Crippen molar-refractivity contribution in [1.82, 2.24) is 0 Å². The van der Waals surface area contributed by atoms with Gasteiger partial charge < -0.3 is 23.4 Å². The van der Waals surface area contributed by atoms with Crippen LogP contribution in [0.2, 0.25) is 0 Å². The van der Waals surface area contributed by atoms with E-state index in [0.717, 1.165) is 5.56 Å². The lowest BCUT2D eigenvalue weighted by Gasteiger charge is -2.15. The number of hydrogen-bond donors (Lipinski definition) is 0. The Morgan fingerprint density at radius 1 is 0.964 bits per heavy atom. The molecule has 0 aliphatic carbocycles. The monoisotopic (exact) mass is 384 g/mol.